The minimum absolute atomic E-state index is 0.00759. The highest BCUT2D eigenvalue weighted by molar-refractivity contribution is 6.51. The molecule has 0 radical (unpaired) electrons. The Bertz CT molecular complexity index is 1410. The topological polar surface area (TPSA) is 97.7 Å². The van der Waals surface area contributed by atoms with Gasteiger partial charge in [-0.1, -0.05) is 68.6 Å². The van der Waals surface area contributed by atoms with Gasteiger partial charge in [0.1, 0.15) is 0 Å². The third-order valence-corrected chi connectivity index (χ3v) is 6.67. The van der Waals surface area contributed by atoms with Crippen LogP contribution in [-0.2, 0) is 6.54 Å². The van der Waals surface area contributed by atoms with Gasteiger partial charge in [0.2, 0.25) is 5.78 Å². The van der Waals surface area contributed by atoms with Gasteiger partial charge in [-0.05, 0) is 36.6 Å². The number of aromatic nitrogens is 1. The summed E-state index contributed by atoms with van der Waals surface area (Å²) in [5, 5.41) is 25.8. The standard InChI is InChI=1S/C28H29N3O4/c1-3-5-9-19(4-2)18-30-25-14-12-21(28(32)27(29-33)20-10-7-6-8-11-20)16-23(25)24-17-22(31(34)35)13-15-26(24)30/h6-8,10-17,19,33H,3-5,9,18H2,1-2H3/b29-27-. The van der Waals surface area contributed by atoms with E-state index < -0.39 is 10.7 Å². The van der Waals surface area contributed by atoms with Crippen LogP contribution in [0.3, 0.4) is 0 Å². The number of rotatable bonds is 10. The molecule has 0 saturated carbocycles. The molecule has 4 aromatic rings. The van der Waals surface area contributed by atoms with E-state index in [9.17, 15) is 20.1 Å². The van der Waals surface area contributed by atoms with E-state index in [1.165, 1.54) is 6.07 Å². The Morgan fingerprint density at radius 2 is 1.69 bits per heavy atom. The van der Waals surface area contributed by atoms with Gasteiger partial charge in [-0.25, -0.2) is 0 Å². The molecule has 180 valence electrons. The second kappa shape index (κ2) is 10.5. The summed E-state index contributed by atoms with van der Waals surface area (Å²) >= 11 is 0. The summed E-state index contributed by atoms with van der Waals surface area (Å²) in [6.07, 6.45) is 4.45. The molecule has 0 amide bonds. The molecule has 7 nitrogen and oxygen atoms in total. The number of fused-ring (bicyclic) bond motifs is 3. The number of hydrogen-bond donors (Lipinski definition) is 1. The first-order chi connectivity index (χ1) is 17.0. The van der Waals surface area contributed by atoms with Crippen LogP contribution in [0.15, 0.2) is 71.9 Å². The molecular formula is C28H29N3O4. The summed E-state index contributed by atoms with van der Waals surface area (Å²) in [6.45, 7) is 5.17. The number of carbonyl (C=O) groups excluding carboxylic acids is 1. The molecule has 3 aromatic carbocycles. The van der Waals surface area contributed by atoms with Gasteiger partial charge in [0.25, 0.3) is 5.69 Å². The van der Waals surface area contributed by atoms with Crippen molar-refractivity contribution >= 4 is 39.0 Å². The molecule has 4 rings (SSSR count). The van der Waals surface area contributed by atoms with E-state index in [-0.39, 0.29) is 11.4 Å². The van der Waals surface area contributed by atoms with Crippen molar-refractivity contribution in [2.45, 2.75) is 46.1 Å². The molecule has 0 spiro atoms. The number of ketones is 1. The number of nitrogens with zero attached hydrogens (tertiary/aromatic N) is 3. The van der Waals surface area contributed by atoms with Crippen LogP contribution in [-0.4, -0.2) is 26.2 Å². The predicted octanol–water partition coefficient (Wildman–Crippen LogP) is 6.98. The lowest BCUT2D eigenvalue weighted by Gasteiger charge is -2.17. The highest BCUT2D eigenvalue weighted by Crippen LogP contribution is 2.34. The van der Waals surface area contributed by atoms with E-state index in [1.807, 2.05) is 12.1 Å². The van der Waals surface area contributed by atoms with Crippen LogP contribution in [0.5, 0.6) is 0 Å². The predicted molar refractivity (Wildman–Crippen MR) is 139 cm³/mol. The quantitative estimate of drug-likeness (QED) is 0.0887. The lowest BCUT2D eigenvalue weighted by Crippen LogP contribution is -2.16. The number of unbranched alkanes of at least 4 members (excludes halogenated alkanes) is 1. The number of carbonyl (C=O) groups is 1. The Hall–Kier alpha value is -4.00. The zero-order chi connectivity index (χ0) is 24.9. The van der Waals surface area contributed by atoms with E-state index in [0.29, 0.717) is 17.0 Å². The van der Waals surface area contributed by atoms with Gasteiger partial charge >= 0.3 is 0 Å². The molecule has 0 aliphatic heterocycles. The summed E-state index contributed by atoms with van der Waals surface area (Å²) in [7, 11) is 0. The highest BCUT2D eigenvalue weighted by atomic mass is 16.6. The van der Waals surface area contributed by atoms with E-state index in [1.54, 1.807) is 48.5 Å². The van der Waals surface area contributed by atoms with Crippen molar-refractivity contribution in [1.29, 1.82) is 0 Å². The molecule has 1 heterocycles. The van der Waals surface area contributed by atoms with Gasteiger partial charge in [0, 0.05) is 51.6 Å². The lowest BCUT2D eigenvalue weighted by molar-refractivity contribution is -0.384. The minimum Gasteiger partial charge on any atom is -0.410 e. The Kier molecular flexibility index (Phi) is 7.25. The number of oxime groups is 1. The molecule has 1 unspecified atom stereocenters. The van der Waals surface area contributed by atoms with Gasteiger partial charge in [-0.2, -0.15) is 0 Å². The molecule has 1 N–H and O–H groups in total. The molecule has 1 atom stereocenters. The largest absolute Gasteiger partial charge is 0.410 e. The zero-order valence-corrected chi connectivity index (χ0v) is 20.0. The van der Waals surface area contributed by atoms with Crippen molar-refractivity contribution in [1.82, 2.24) is 4.57 Å². The molecular weight excluding hydrogens is 442 g/mol. The van der Waals surface area contributed by atoms with E-state index in [2.05, 4.69) is 23.6 Å². The van der Waals surface area contributed by atoms with Crippen LogP contribution < -0.4 is 0 Å². The van der Waals surface area contributed by atoms with Crippen LogP contribution in [0.25, 0.3) is 21.8 Å². The van der Waals surface area contributed by atoms with Crippen LogP contribution in [0.1, 0.15) is 55.5 Å². The number of Topliss-reactive ketones (excluding diaryl/α,β-unsaturated/α-hetero) is 1. The normalized spacial score (nSPS) is 12.8. The van der Waals surface area contributed by atoms with Gasteiger partial charge in [-0.15, -0.1) is 0 Å². The number of benzene rings is 3. The number of non-ortho nitro benzene ring substituents is 1. The lowest BCUT2D eigenvalue weighted by atomic mass is 9.98. The number of hydrogen-bond acceptors (Lipinski definition) is 5. The minimum atomic E-state index is -0.415. The molecule has 0 aliphatic rings. The first kappa shape index (κ1) is 24.1. The van der Waals surface area contributed by atoms with Crippen molar-refractivity contribution < 1.29 is 14.9 Å². The SMILES string of the molecule is CCCCC(CC)Cn1c2ccc(C(=O)/C(=N\O)c3ccccc3)cc2c2cc([N+](=O)[O-])ccc21. The molecule has 0 aliphatic carbocycles. The molecule has 7 heteroatoms. The second-order valence-corrected chi connectivity index (χ2v) is 8.86. The Balaban J connectivity index is 1.86. The molecule has 35 heavy (non-hydrogen) atoms. The molecule has 0 fully saturated rings. The van der Waals surface area contributed by atoms with Crippen LogP contribution in [0, 0.1) is 16.0 Å². The summed E-state index contributed by atoms with van der Waals surface area (Å²) in [4.78, 5) is 24.4. The van der Waals surface area contributed by atoms with Crippen molar-refractivity contribution in [3.8, 4) is 0 Å². The Morgan fingerprint density at radius 3 is 2.31 bits per heavy atom. The Morgan fingerprint density at radius 1 is 1.00 bits per heavy atom. The van der Waals surface area contributed by atoms with E-state index in [0.717, 1.165) is 54.0 Å². The average molecular weight is 472 g/mol. The van der Waals surface area contributed by atoms with Crippen LogP contribution in [0.2, 0.25) is 0 Å². The third-order valence-electron chi connectivity index (χ3n) is 6.67. The van der Waals surface area contributed by atoms with Crippen molar-refractivity contribution in [2.75, 3.05) is 0 Å². The fraction of sp³-hybridized carbons (Fsp3) is 0.286. The van der Waals surface area contributed by atoms with Crippen LogP contribution >= 0.6 is 0 Å². The maximum absolute atomic E-state index is 13.3. The zero-order valence-electron chi connectivity index (χ0n) is 20.0. The number of nitro benzene ring substituents is 1. The number of nitro groups is 1. The molecule has 0 saturated heterocycles. The maximum Gasteiger partial charge on any atom is 0.270 e. The van der Waals surface area contributed by atoms with Gasteiger partial charge in [0.15, 0.2) is 5.71 Å². The van der Waals surface area contributed by atoms with Gasteiger partial charge in [-0.3, -0.25) is 14.9 Å². The molecule has 0 bridgehead atoms. The van der Waals surface area contributed by atoms with Crippen LogP contribution in [0.4, 0.5) is 5.69 Å². The second-order valence-electron chi connectivity index (χ2n) is 8.86. The van der Waals surface area contributed by atoms with Gasteiger partial charge in [0.05, 0.1) is 4.92 Å². The maximum atomic E-state index is 13.3. The summed E-state index contributed by atoms with van der Waals surface area (Å²) in [6, 6.07) is 19.1. The van der Waals surface area contributed by atoms with E-state index >= 15 is 0 Å². The van der Waals surface area contributed by atoms with Crippen molar-refractivity contribution in [3.05, 3.63) is 88.0 Å². The fourth-order valence-corrected chi connectivity index (χ4v) is 4.69. The first-order valence-electron chi connectivity index (χ1n) is 12.0. The summed E-state index contributed by atoms with van der Waals surface area (Å²) in [5.74, 6) is 0.0674. The first-order valence-corrected chi connectivity index (χ1v) is 12.0. The van der Waals surface area contributed by atoms with Crippen molar-refractivity contribution in [2.24, 2.45) is 11.1 Å². The summed E-state index contributed by atoms with van der Waals surface area (Å²) < 4.78 is 2.21. The van der Waals surface area contributed by atoms with Crippen molar-refractivity contribution in [3.63, 3.8) is 0 Å². The average Bonchev–Trinajstić information content (AvgIpc) is 3.19. The smallest absolute Gasteiger partial charge is 0.270 e. The monoisotopic (exact) mass is 471 g/mol. The third kappa shape index (κ3) is 4.80. The molecule has 1 aromatic heterocycles. The Labute approximate surface area is 203 Å². The highest BCUT2D eigenvalue weighted by Gasteiger charge is 2.21. The van der Waals surface area contributed by atoms with Gasteiger partial charge < -0.3 is 9.77 Å². The van der Waals surface area contributed by atoms with E-state index in [4.69, 9.17) is 0 Å². The fourth-order valence-electron chi connectivity index (χ4n) is 4.69. The summed E-state index contributed by atoms with van der Waals surface area (Å²) in [5.41, 5.74) is 2.66.